The van der Waals surface area contributed by atoms with Crippen LogP contribution >= 0.6 is 11.6 Å². The van der Waals surface area contributed by atoms with E-state index in [0.29, 0.717) is 5.56 Å². The summed E-state index contributed by atoms with van der Waals surface area (Å²) in [6.45, 7) is 5.96. The zero-order valence-corrected chi connectivity index (χ0v) is 12.2. The monoisotopic (exact) mass is 291 g/mol. The van der Waals surface area contributed by atoms with E-state index in [4.69, 9.17) is 11.6 Å². The lowest BCUT2D eigenvalue weighted by molar-refractivity contribution is -0.385. The van der Waals surface area contributed by atoms with Gasteiger partial charge in [0.2, 0.25) is 5.15 Å². The zero-order valence-electron chi connectivity index (χ0n) is 11.4. The van der Waals surface area contributed by atoms with Gasteiger partial charge < -0.3 is 0 Å². The maximum atomic E-state index is 11.0. The lowest BCUT2D eigenvalue weighted by atomic mass is 9.86. The van der Waals surface area contributed by atoms with Crippen molar-refractivity contribution in [3.63, 3.8) is 0 Å². The van der Waals surface area contributed by atoms with Gasteiger partial charge in [-0.1, -0.05) is 32.4 Å². The van der Waals surface area contributed by atoms with Crippen LogP contribution in [-0.4, -0.2) is 14.9 Å². The molecule has 0 aliphatic carbocycles. The van der Waals surface area contributed by atoms with Crippen molar-refractivity contribution in [3.05, 3.63) is 51.6 Å². The first-order valence-electron chi connectivity index (χ1n) is 6.06. The van der Waals surface area contributed by atoms with Crippen LogP contribution in [0, 0.1) is 10.1 Å². The first-order chi connectivity index (χ1) is 9.30. The van der Waals surface area contributed by atoms with E-state index in [2.05, 4.69) is 9.97 Å². The maximum absolute atomic E-state index is 11.0. The third kappa shape index (κ3) is 2.77. The Morgan fingerprint density at radius 2 is 1.85 bits per heavy atom. The van der Waals surface area contributed by atoms with Crippen LogP contribution in [0.25, 0.3) is 11.1 Å². The molecule has 0 saturated carbocycles. The predicted molar refractivity (Wildman–Crippen MR) is 77.8 cm³/mol. The van der Waals surface area contributed by atoms with Gasteiger partial charge in [0.1, 0.15) is 0 Å². The van der Waals surface area contributed by atoms with Gasteiger partial charge in [-0.3, -0.25) is 15.1 Å². The minimum atomic E-state index is -0.521. The number of halogens is 1. The number of hydrogen-bond acceptors (Lipinski definition) is 4. The molecule has 0 saturated heterocycles. The Bertz CT molecular complexity index is 651. The number of hydrogen-bond donors (Lipinski definition) is 0. The summed E-state index contributed by atoms with van der Waals surface area (Å²) in [7, 11) is 0. The van der Waals surface area contributed by atoms with E-state index in [1.54, 1.807) is 24.5 Å². The van der Waals surface area contributed by atoms with Gasteiger partial charge in [-0.05, 0) is 17.7 Å². The Morgan fingerprint density at radius 1 is 1.25 bits per heavy atom. The average Bonchev–Trinajstić information content (AvgIpc) is 2.38. The van der Waals surface area contributed by atoms with Gasteiger partial charge in [0.05, 0.1) is 10.6 Å². The summed E-state index contributed by atoms with van der Waals surface area (Å²) >= 11 is 5.92. The molecule has 2 aromatic rings. The van der Waals surface area contributed by atoms with Crippen molar-refractivity contribution >= 4 is 17.3 Å². The third-order valence-electron chi connectivity index (χ3n) is 2.86. The Hall–Kier alpha value is -2.01. The molecule has 0 N–H and O–H groups in total. The van der Waals surface area contributed by atoms with Crippen LogP contribution in [0.15, 0.2) is 30.6 Å². The molecule has 0 radical (unpaired) electrons. The fourth-order valence-electron chi connectivity index (χ4n) is 1.93. The second-order valence-corrected chi connectivity index (χ2v) is 5.80. The Labute approximate surface area is 121 Å². The summed E-state index contributed by atoms with van der Waals surface area (Å²) in [4.78, 5) is 18.7. The van der Waals surface area contributed by atoms with E-state index in [-0.39, 0.29) is 16.3 Å². The Kier molecular flexibility index (Phi) is 3.72. The number of aromatic nitrogens is 2. The third-order valence-corrected chi connectivity index (χ3v) is 3.13. The lowest BCUT2D eigenvalue weighted by Gasteiger charge is -2.21. The van der Waals surface area contributed by atoms with Gasteiger partial charge in [-0.15, -0.1) is 0 Å². The number of nitrogens with zero attached hydrogens (tertiary/aromatic N) is 3. The predicted octanol–water partition coefficient (Wildman–Crippen LogP) is 4.00. The molecular weight excluding hydrogens is 278 g/mol. The minimum absolute atomic E-state index is 0.0854. The smallest absolute Gasteiger partial charge is 0.265 e. The van der Waals surface area contributed by atoms with Crippen LogP contribution in [0.5, 0.6) is 0 Å². The highest BCUT2D eigenvalue weighted by molar-refractivity contribution is 6.31. The maximum Gasteiger partial charge on any atom is 0.307 e. The molecule has 0 bridgehead atoms. The van der Waals surface area contributed by atoms with Gasteiger partial charge in [-0.25, -0.2) is 4.98 Å². The molecular formula is C14H14ClN3O2. The highest BCUT2D eigenvalue weighted by Crippen LogP contribution is 2.36. The molecule has 104 valence electrons. The van der Waals surface area contributed by atoms with E-state index in [9.17, 15) is 10.1 Å². The van der Waals surface area contributed by atoms with Crippen molar-refractivity contribution in [2.75, 3.05) is 0 Å². The molecule has 0 unspecified atom stereocenters. The topological polar surface area (TPSA) is 68.9 Å². The van der Waals surface area contributed by atoms with Gasteiger partial charge >= 0.3 is 5.69 Å². The van der Waals surface area contributed by atoms with Crippen LogP contribution in [0.2, 0.25) is 5.15 Å². The van der Waals surface area contributed by atoms with E-state index in [1.165, 1.54) is 6.07 Å². The van der Waals surface area contributed by atoms with Gasteiger partial charge in [-0.2, -0.15) is 0 Å². The zero-order chi connectivity index (χ0) is 14.9. The second-order valence-electron chi connectivity index (χ2n) is 5.44. The first-order valence-corrected chi connectivity index (χ1v) is 6.44. The number of nitro groups is 1. The fraction of sp³-hybridized carbons (Fsp3) is 0.286. The molecule has 2 rings (SSSR count). The Morgan fingerprint density at radius 3 is 2.35 bits per heavy atom. The quantitative estimate of drug-likeness (QED) is 0.476. The normalized spacial score (nSPS) is 11.4. The first kappa shape index (κ1) is 14.4. The lowest BCUT2D eigenvalue weighted by Crippen LogP contribution is -2.16. The van der Waals surface area contributed by atoms with E-state index in [1.807, 2.05) is 20.8 Å². The minimum Gasteiger partial charge on any atom is -0.265 e. The van der Waals surface area contributed by atoms with E-state index < -0.39 is 4.92 Å². The van der Waals surface area contributed by atoms with Crippen molar-refractivity contribution in [2.24, 2.45) is 0 Å². The van der Waals surface area contributed by atoms with Gasteiger partial charge in [0.25, 0.3) is 0 Å². The second kappa shape index (κ2) is 5.17. The Balaban J connectivity index is 2.76. The average molecular weight is 292 g/mol. The highest BCUT2D eigenvalue weighted by Gasteiger charge is 2.26. The SMILES string of the molecule is CC(C)(C)c1nc(Cl)c([N+](=O)[O-])cc1-c1ccncc1. The van der Waals surface area contributed by atoms with Crippen LogP contribution < -0.4 is 0 Å². The van der Waals surface area contributed by atoms with Crippen molar-refractivity contribution < 1.29 is 4.92 Å². The standard InChI is InChI=1S/C14H14ClN3O2/c1-14(2,3)12-10(9-4-6-16-7-5-9)8-11(18(19)20)13(15)17-12/h4-8H,1-3H3. The molecule has 0 aliphatic heterocycles. The number of rotatable bonds is 2. The van der Waals surface area contributed by atoms with E-state index in [0.717, 1.165) is 11.3 Å². The van der Waals surface area contributed by atoms with Crippen molar-refractivity contribution in [1.29, 1.82) is 0 Å². The molecule has 6 heteroatoms. The molecule has 5 nitrogen and oxygen atoms in total. The molecule has 0 atom stereocenters. The fourth-order valence-corrected chi connectivity index (χ4v) is 2.14. The van der Waals surface area contributed by atoms with Gasteiger partial charge in [0, 0.05) is 29.4 Å². The van der Waals surface area contributed by atoms with Crippen molar-refractivity contribution in [3.8, 4) is 11.1 Å². The molecule has 0 spiro atoms. The molecule has 2 heterocycles. The summed E-state index contributed by atoms with van der Waals surface area (Å²) in [5.41, 5.74) is 1.79. The van der Waals surface area contributed by atoms with Crippen molar-refractivity contribution in [1.82, 2.24) is 9.97 Å². The largest absolute Gasteiger partial charge is 0.307 e. The molecule has 0 fully saturated rings. The molecule has 20 heavy (non-hydrogen) atoms. The van der Waals surface area contributed by atoms with Crippen LogP contribution in [-0.2, 0) is 5.41 Å². The van der Waals surface area contributed by atoms with Crippen LogP contribution in [0.3, 0.4) is 0 Å². The molecule has 2 aromatic heterocycles. The molecule has 0 amide bonds. The number of pyridine rings is 2. The van der Waals surface area contributed by atoms with Crippen molar-refractivity contribution in [2.45, 2.75) is 26.2 Å². The van der Waals surface area contributed by atoms with Gasteiger partial charge in [0.15, 0.2) is 0 Å². The summed E-state index contributed by atoms with van der Waals surface area (Å²) in [6, 6.07) is 5.07. The highest BCUT2D eigenvalue weighted by atomic mass is 35.5. The summed E-state index contributed by atoms with van der Waals surface area (Å²) in [6.07, 6.45) is 3.28. The van der Waals surface area contributed by atoms with Crippen LogP contribution in [0.1, 0.15) is 26.5 Å². The summed E-state index contributed by atoms with van der Waals surface area (Å²) in [5.74, 6) is 0. The van der Waals surface area contributed by atoms with E-state index >= 15 is 0 Å². The summed E-state index contributed by atoms with van der Waals surface area (Å²) < 4.78 is 0. The molecule has 0 aliphatic rings. The summed E-state index contributed by atoms with van der Waals surface area (Å²) in [5, 5.41) is 10.9. The van der Waals surface area contributed by atoms with Crippen LogP contribution in [0.4, 0.5) is 5.69 Å². The molecule has 0 aromatic carbocycles.